The Balaban J connectivity index is 1.97. The van der Waals surface area contributed by atoms with E-state index in [0.717, 1.165) is 54.6 Å². The zero-order valence-electron chi connectivity index (χ0n) is 11.9. The fourth-order valence-corrected chi connectivity index (χ4v) is 3.35. The molecule has 6 heteroatoms. The van der Waals surface area contributed by atoms with Crippen molar-refractivity contribution in [3.63, 3.8) is 0 Å². The lowest BCUT2D eigenvalue weighted by Gasteiger charge is -2.32. The van der Waals surface area contributed by atoms with Gasteiger partial charge in [-0.1, -0.05) is 0 Å². The lowest BCUT2D eigenvalue weighted by atomic mass is 10.1. The highest BCUT2D eigenvalue weighted by atomic mass is 32.1. The number of hydrogen-bond donors (Lipinski definition) is 1. The van der Waals surface area contributed by atoms with Gasteiger partial charge < -0.3 is 15.0 Å². The number of fused-ring (bicyclic) bond motifs is 1. The quantitative estimate of drug-likeness (QED) is 0.939. The summed E-state index contributed by atoms with van der Waals surface area (Å²) in [6.07, 6.45) is 2.12. The maximum atomic E-state index is 5.45. The van der Waals surface area contributed by atoms with Gasteiger partial charge in [-0.3, -0.25) is 0 Å². The molecular formula is C14H20N4OS. The van der Waals surface area contributed by atoms with Gasteiger partial charge in [0.15, 0.2) is 0 Å². The first-order valence-electron chi connectivity index (χ1n) is 7.09. The van der Waals surface area contributed by atoms with Gasteiger partial charge in [0.25, 0.3) is 0 Å². The Labute approximate surface area is 123 Å². The molecule has 20 heavy (non-hydrogen) atoms. The normalized spacial score (nSPS) is 16.5. The first kappa shape index (κ1) is 13.6. The van der Waals surface area contributed by atoms with E-state index in [1.807, 2.05) is 0 Å². The molecule has 0 bridgehead atoms. The minimum absolute atomic E-state index is 0.497. The average Bonchev–Trinajstić information content (AvgIpc) is 2.95. The van der Waals surface area contributed by atoms with Crippen molar-refractivity contribution < 1.29 is 4.74 Å². The molecule has 3 heterocycles. The second-order valence-corrected chi connectivity index (χ2v) is 5.89. The Hall–Kier alpha value is -1.40. The van der Waals surface area contributed by atoms with Gasteiger partial charge >= 0.3 is 0 Å². The summed E-state index contributed by atoms with van der Waals surface area (Å²) < 4.78 is 5.45. The van der Waals surface area contributed by atoms with E-state index in [1.165, 1.54) is 0 Å². The summed E-state index contributed by atoms with van der Waals surface area (Å²) in [5, 5.41) is 6.44. The number of nitrogens with zero attached hydrogens (tertiary/aromatic N) is 3. The van der Waals surface area contributed by atoms with Gasteiger partial charge in [-0.25, -0.2) is 4.98 Å². The molecule has 1 N–H and O–H groups in total. The summed E-state index contributed by atoms with van der Waals surface area (Å²) in [4.78, 5) is 12.6. The van der Waals surface area contributed by atoms with Crippen molar-refractivity contribution in [3.05, 3.63) is 11.4 Å². The van der Waals surface area contributed by atoms with Crippen molar-refractivity contribution in [1.29, 1.82) is 0 Å². The minimum Gasteiger partial charge on any atom is -0.381 e. The monoisotopic (exact) mass is 292 g/mol. The third-order valence-electron chi connectivity index (χ3n) is 3.71. The Morgan fingerprint density at radius 1 is 1.40 bits per heavy atom. The van der Waals surface area contributed by atoms with Gasteiger partial charge in [-0.2, -0.15) is 4.98 Å². The second-order valence-electron chi connectivity index (χ2n) is 5.00. The molecule has 108 valence electrons. The van der Waals surface area contributed by atoms with Crippen molar-refractivity contribution in [1.82, 2.24) is 9.97 Å². The summed E-state index contributed by atoms with van der Waals surface area (Å²) in [6, 6.07) is 2.61. The van der Waals surface area contributed by atoms with Gasteiger partial charge in [0.2, 0.25) is 5.95 Å². The Bertz CT molecular complexity index is 580. The van der Waals surface area contributed by atoms with Gasteiger partial charge in [0, 0.05) is 32.8 Å². The van der Waals surface area contributed by atoms with Crippen LogP contribution in [0.2, 0.25) is 0 Å². The first-order chi connectivity index (χ1) is 9.79. The molecule has 3 rings (SSSR count). The van der Waals surface area contributed by atoms with Gasteiger partial charge in [0.05, 0.1) is 5.39 Å². The maximum absolute atomic E-state index is 5.45. The van der Waals surface area contributed by atoms with Crippen LogP contribution in [0.1, 0.15) is 19.8 Å². The number of nitrogens with one attached hydrogen (secondary N) is 1. The predicted molar refractivity (Wildman–Crippen MR) is 83.8 cm³/mol. The van der Waals surface area contributed by atoms with E-state index >= 15 is 0 Å². The number of rotatable bonds is 4. The van der Waals surface area contributed by atoms with E-state index in [9.17, 15) is 0 Å². The standard InChI is InChI=1S/C14H20N4OS/c1-3-15-14-16-12(11-6-9-20-13(11)17-14)18(2)10-4-7-19-8-5-10/h6,9-10H,3-5,7-8H2,1-2H3,(H,15,16,17). The predicted octanol–water partition coefficient (Wildman–Crippen LogP) is 2.74. The van der Waals surface area contributed by atoms with E-state index in [1.54, 1.807) is 11.3 Å². The van der Waals surface area contributed by atoms with Crippen LogP contribution in [0.4, 0.5) is 11.8 Å². The molecule has 1 aliphatic heterocycles. The summed E-state index contributed by atoms with van der Waals surface area (Å²) >= 11 is 1.66. The highest BCUT2D eigenvalue weighted by Crippen LogP contribution is 2.31. The minimum atomic E-state index is 0.497. The van der Waals surface area contributed by atoms with E-state index in [-0.39, 0.29) is 0 Å². The van der Waals surface area contributed by atoms with Crippen molar-refractivity contribution in [2.45, 2.75) is 25.8 Å². The fraction of sp³-hybridized carbons (Fsp3) is 0.571. The van der Waals surface area contributed by atoms with Crippen LogP contribution < -0.4 is 10.2 Å². The van der Waals surface area contributed by atoms with Crippen LogP contribution >= 0.6 is 11.3 Å². The third kappa shape index (κ3) is 2.58. The second kappa shape index (κ2) is 5.93. The SMILES string of the molecule is CCNc1nc(N(C)C2CCOCC2)c2ccsc2n1. The highest BCUT2D eigenvalue weighted by molar-refractivity contribution is 7.16. The lowest BCUT2D eigenvalue weighted by molar-refractivity contribution is 0.0854. The van der Waals surface area contributed by atoms with Crippen LogP contribution in [0, 0.1) is 0 Å². The molecule has 0 aliphatic carbocycles. The molecule has 0 radical (unpaired) electrons. The summed E-state index contributed by atoms with van der Waals surface area (Å²) in [5.74, 6) is 1.75. The van der Waals surface area contributed by atoms with Crippen LogP contribution in [0.15, 0.2) is 11.4 Å². The van der Waals surface area contributed by atoms with E-state index in [2.05, 4.69) is 40.6 Å². The molecule has 0 spiro atoms. The van der Waals surface area contributed by atoms with Gasteiger partial charge in [0.1, 0.15) is 10.6 Å². The van der Waals surface area contributed by atoms with E-state index in [4.69, 9.17) is 9.72 Å². The lowest BCUT2D eigenvalue weighted by Crippen LogP contribution is -2.37. The average molecular weight is 292 g/mol. The molecule has 0 aromatic carbocycles. The van der Waals surface area contributed by atoms with Crippen LogP contribution in [-0.4, -0.2) is 42.8 Å². The zero-order chi connectivity index (χ0) is 13.9. The van der Waals surface area contributed by atoms with Crippen LogP contribution in [0.5, 0.6) is 0 Å². The Morgan fingerprint density at radius 2 is 2.20 bits per heavy atom. The van der Waals surface area contributed by atoms with Gasteiger partial charge in [-0.05, 0) is 31.2 Å². The van der Waals surface area contributed by atoms with Gasteiger partial charge in [-0.15, -0.1) is 11.3 Å². The van der Waals surface area contributed by atoms with Crippen LogP contribution in [0.25, 0.3) is 10.2 Å². The zero-order valence-corrected chi connectivity index (χ0v) is 12.7. The van der Waals surface area contributed by atoms with Crippen molar-refractivity contribution >= 4 is 33.3 Å². The Kier molecular flexibility index (Phi) is 4.03. The molecule has 0 unspecified atom stereocenters. The smallest absolute Gasteiger partial charge is 0.226 e. The third-order valence-corrected chi connectivity index (χ3v) is 4.52. The number of anilines is 2. The molecule has 0 saturated carbocycles. The van der Waals surface area contributed by atoms with Crippen molar-refractivity contribution in [3.8, 4) is 0 Å². The molecular weight excluding hydrogens is 272 g/mol. The summed E-state index contributed by atoms with van der Waals surface area (Å²) in [7, 11) is 2.13. The molecule has 2 aromatic heterocycles. The maximum Gasteiger partial charge on any atom is 0.226 e. The molecule has 2 aromatic rings. The molecule has 5 nitrogen and oxygen atoms in total. The molecule has 0 atom stereocenters. The molecule has 1 saturated heterocycles. The van der Waals surface area contributed by atoms with Crippen LogP contribution in [0.3, 0.4) is 0 Å². The van der Waals surface area contributed by atoms with E-state index < -0.39 is 0 Å². The largest absolute Gasteiger partial charge is 0.381 e. The number of thiophene rings is 1. The van der Waals surface area contributed by atoms with Crippen LogP contribution in [-0.2, 0) is 4.74 Å². The fourth-order valence-electron chi connectivity index (χ4n) is 2.59. The summed E-state index contributed by atoms with van der Waals surface area (Å²) in [6.45, 7) is 4.57. The number of aromatic nitrogens is 2. The highest BCUT2D eigenvalue weighted by Gasteiger charge is 2.22. The van der Waals surface area contributed by atoms with E-state index in [0.29, 0.717) is 6.04 Å². The van der Waals surface area contributed by atoms with Crippen molar-refractivity contribution in [2.24, 2.45) is 0 Å². The van der Waals surface area contributed by atoms with Crippen molar-refractivity contribution in [2.75, 3.05) is 37.0 Å². The topological polar surface area (TPSA) is 50.3 Å². The molecule has 1 aliphatic rings. The Morgan fingerprint density at radius 3 is 2.95 bits per heavy atom. The molecule has 0 amide bonds. The first-order valence-corrected chi connectivity index (χ1v) is 7.97. The summed E-state index contributed by atoms with van der Waals surface area (Å²) in [5.41, 5.74) is 0. The number of hydrogen-bond acceptors (Lipinski definition) is 6. The number of ether oxygens (including phenoxy) is 1. The molecule has 1 fully saturated rings.